The van der Waals surface area contributed by atoms with E-state index in [2.05, 4.69) is 32.9 Å². The van der Waals surface area contributed by atoms with Crippen LogP contribution in [0.25, 0.3) is 0 Å². The van der Waals surface area contributed by atoms with Gasteiger partial charge in [-0.15, -0.1) is 0 Å². The van der Waals surface area contributed by atoms with Gasteiger partial charge in [-0.25, -0.2) is 0 Å². The SMILES string of the molecule is CCCCCS(=O)(=O)OC(C)(C)CCC(C)(C)c1ccccc1. The van der Waals surface area contributed by atoms with Crippen LogP contribution in [-0.2, 0) is 19.7 Å². The molecular formula is C19H32O3S. The van der Waals surface area contributed by atoms with Gasteiger partial charge in [0.05, 0.1) is 11.4 Å². The molecule has 0 saturated carbocycles. The van der Waals surface area contributed by atoms with Gasteiger partial charge in [0.25, 0.3) is 10.1 Å². The summed E-state index contributed by atoms with van der Waals surface area (Å²) in [5.74, 6) is 0.117. The molecule has 3 nitrogen and oxygen atoms in total. The highest BCUT2D eigenvalue weighted by Gasteiger charge is 2.30. The molecule has 0 heterocycles. The second-order valence-corrected chi connectivity index (χ2v) is 9.25. The van der Waals surface area contributed by atoms with Gasteiger partial charge in [0.15, 0.2) is 0 Å². The largest absolute Gasteiger partial charge is 0.267 e. The van der Waals surface area contributed by atoms with Gasteiger partial charge in [-0.3, -0.25) is 4.18 Å². The lowest BCUT2D eigenvalue weighted by Gasteiger charge is -2.31. The second-order valence-electron chi connectivity index (χ2n) is 7.56. The minimum absolute atomic E-state index is 0.00609. The maximum atomic E-state index is 12.1. The summed E-state index contributed by atoms with van der Waals surface area (Å²) >= 11 is 0. The summed E-state index contributed by atoms with van der Waals surface area (Å²) < 4.78 is 29.7. The van der Waals surface area contributed by atoms with Crippen LogP contribution in [0, 0.1) is 0 Å². The lowest BCUT2D eigenvalue weighted by molar-refractivity contribution is 0.0978. The Morgan fingerprint density at radius 2 is 1.57 bits per heavy atom. The first-order valence-corrected chi connectivity index (χ1v) is 10.1. The predicted octanol–water partition coefficient (Wildman–Crippen LogP) is 5.06. The van der Waals surface area contributed by atoms with Crippen molar-refractivity contribution in [2.24, 2.45) is 0 Å². The fraction of sp³-hybridized carbons (Fsp3) is 0.684. The first-order chi connectivity index (χ1) is 10.6. The van der Waals surface area contributed by atoms with Crippen LogP contribution >= 0.6 is 0 Å². The van der Waals surface area contributed by atoms with E-state index in [4.69, 9.17) is 4.18 Å². The van der Waals surface area contributed by atoms with Crippen LogP contribution in [0.4, 0.5) is 0 Å². The third-order valence-corrected chi connectivity index (χ3v) is 5.75. The molecule has 0 fully saturated rings. The molecule has 0 aliphatic carbocycles. The zero-order chi connectivity index (χ0) is 17.6. The molecule has 0 atom stereocenters. The Labute approximate surface area is 142 Å². The standard InChI is InChI=1S/C19H32O3S/c1-6-7-11-16-23(20,21)22-19(4,5)15-14-18(2,3)17-12-9-8-10-13-17/h8-10,12-13H,6-7,11,14-16H2,1-5H3. The molecule has 1 rings (SSSR count). The van der Waals surface area contributed by atoms with Crippen molar-refractivity contribution in [3.05, 3.63) is 35.9 Å². The van der Waals surface area contributed by atoms with Gasteiger partial charge in [0.1, 0.15) is 0 Å². The summed E-state index contributed by atoms with van der Waals surface area (Å²) in [5.41, 5.74) is 0.590. The van der Waals surface area contributed by atoms with E-state index in [1.807, 2.05) is 32.0 Å². The number of unbranched alkanes of at least 4 members (excludes halogenated alkanes) is 2. The van der Waals surface area contributed by atoms with Crippen LogP contribution in [0.15, 0.2) is 30.3 Å². The van der Waals surface area contributed by atoms with Gasteiger partial charge in [-0.1, -0.05) is 63.9 Å². The van der Waals surface area contributed by atoms with E-state index in [1.54, 1.807) is 0 Å². The Morgan fingerprint density at radius 3 is 2.13 bits per heavy atom. The van der Waals surface area contributed by atoms with Crippen molar-refractivity contribution in [3.8, 4) is 0 Å². The lowest BCUT2D eigenvalue weighted by atomic mass is 9.78. The number of hydrogen-bond acceptors (Lipinski definition) is 3. The zero-order valence-corrected chi connectivity index (χ0v) is 16.1. The summed E-state index contributed by atoms with van der Waals surface area (Å²) in [4.78, 5) is 0. The molecule has 1 aromatic carbocycles. The maximum Gasteiger partial charge on any atom is 0.267 e. The van der Waals surface area contributed by atoms with E-state index in [0.717, 1.165) is 19.3 Å². The van der Waals surface area contributed by atoms with E-state index in [9.17, 15) is 8.42 Å². The van der Waals surface area contributed by atoms with E-state index >= 15 is 0 Å². The van der Waals surface area contributed by atoms with E-state index in [-0.39, 0.29) is 11.2 Å². The Bertz CT molecular complexity index is 560. The molecule has 0 aromatic heterocycles. The van der Waals surface area contributed by atoms with Crippen molar-refractivity contribution in [3.63, 3.8) is 0 Å². The summed E-state index contributed by atoms with van der Waals surface area (Å²) in [6.45, 7) is 10.2. The van der Waals surface area contributed by atoms with Crippen molar-refractivity contribution >= 4 is 10.1 Å². The first kappa shape index (κ1) is 20.2. The van der Waals surface area contributed by atoms with Gasteiger partial charge in [-0.2, -0.15) is 8.42 Å². The smallest absolute Gasteiger partial charge is 0.264 e. The second kappa shape index (κ2) is 8.29. The van der Waals surface area contributed by atoms with Gasteiger partial charge in [0, 0.05) is 0 Å². The molecule has 132 valence electrons. The fourth-order valence-electron chi connectivity index (χ4n) is 2.60. The Hall–Kier alpha value is -0.870. The van der Waals surface area contributed by atoms with Gasteiger partial charge >= 0.3 is 0 Å². The van der Waals surface area contributed by atoms with Crippen LogP contribution in [0.5, 0.6) is 0 Å². The monoisotopic (exact) mass is 340 g/mol. The number of rotatable bonds is 10. The number of hydrogen-bond donors (Lipinski definition) is 0. The highest BCUT2D eigenvalue weighted by atomic mass is 32.2. The maximum absolute atomic E-state index is 12.1. The normalized spacial score (nSPS) is 13.3. The highest BCUT2D eigenvalue weighted by molar-refractivity contribution is 7.86. The quantitative estimate of drug-likeness (QED) is 0.442. The Morgan fingerprint density at radius 1 is 0.957 bits per heavy atom. The van der Waals surface area contributed by atoms with Crippen LogP contribution < -0.4 is 0 Å². The molecule has 4 heteroatoms. The first-order valence-electron chi connectivity index (χ1n) is 8.57. The van der Waals surface area contributed by atoms with Crippen molar-refractivity contribution < 1.29 is 12.6 Å². The van der Waals surface area contributed by atoms with Gasteiger partial charge < -0.3 is 0 Å². The topological polar surface area (TPSA) is 43.4 Å². The zero-order valence-electron chi connectivity index (χ0n) is 15.3. The summed E-state index contributed by atoms with van der Waals surface area (Å²) in [5, 5.41) is 0. The molecule has 0 radical (unpaired) electrons. The predicted molar refractivity (Wildman–Crippen MR) is 97.2 cm³/mol. The van der Waals surface area contributed by atoms with Crippen molar-refractivity contribution in [1.29, 1.82) is 0 Å². The van der Waals surface area contributed by atoms with E-state index in [0.29, 0.717) is 12.8 Å². The van der Waals surface area contributed by atoms with Crippen LogP contribution in [-0.4, -0.2) is 19.8 Å². The van der Waals surface area contributed by atoms with Crippen LogP contribution in [0.1, 0.15) is 72.3 Å². The van der Waals surface area contributed by atoms with Crippen LogP contribution in [0.2, 0.25) is 0 Å². The number of benzene rings is 1. The Balaban J connectivity index is 2.61. The molecule has 0 spiro atoms. The summed E-state index contributed by atoms with van der Waals surface area (Å²) in [7, 11) is -3.44. The molecule has 23 heavy (non-hydrogen) atoms. The van der Waals surface area contributed by atoms with Crippen molar-refractivity contribution in [2.75, 3.05) is 5.75 Å². The van der Waals surface area contributed by atoms with Crippen molar-refractivity contribution in [1.82, 2.24) is 0 Å². The van der Waals surface area contributed by atoms with Crippen molar-refractivity contribution in [2.45, 2.75) is 77.7 Å². The summed E-state index contributed by atoms with van der Waals surface area (Å²) in [6, 6.07) is 10.3. The molecular weight excluding hydrogens is 308 g/mol. The average Bonchev–Trinajstić information content (AvgIpc) is 2.45. The third-order valence-electron chi connectivity index (χ3n) is 4.26. The third kappa shape index (κ3) is 7.49. The molecule has 0 amide bonds. The molecule has 0 N–H and O–H groups in total. The lowest BCUT2D eigenvalue weighted by Crippen LogP contribution is -2.32. The summed E-state index contributed by atoms with van der Waals surface area (Å²) in [6.07, 6.45) is 4.16. The molecule has 0 unspecified atom stereocenters. The minimum Gasteiger partial charge on any atom is -0.264 e. The highest BCUT2D eigenvalue weighted by Crippen LogP contribution is 2.32. The van der Waals surface area contributed by atoms with Gasteiger partial charge in [-0.05, 0) is 44.1 Å². The van der Waals surface area contributed by atoms with Crippen LogP contribution in [0.3, 0.4) is 0 Å². The minimum atomic E-state index is -3.44. The molecule has 0 aliphatic heterocycles. The van der Waals surface area contributed by atoms with E-state index < -0.39 is 15.7 Å². The van der Waals surface area contributed by atoms with Gasteiger partial charge in [0.2, 0.25) is 0 Å². The molecule has 0 saturated heterocycles. The molecule has 0 aliphatic rings. The molecule has 1 aromatic rings. The Kier molecular flexibility index (Phi) is 7.28. The van der Waals surface area contributed by atoms with E-state index in [1.165, 1.54) is 5.56 Å². The fourth-order valence-corrected chi connectivity index (χ4v) is 4.01. The molecule has 0 bridgehead atoms. The average molecular weight is 341 g/mol.